The van der Waals surface area contributed by atoms with E-state index in [0.29, 0.717) is 23.7 Å². The largest absolute Gasteiger partial charge is 0.491 e. The van der Waals surface area contributed by atoms with Gasteiger partial charge in [-0.1, -0.05) is 18.2 Å². The van der Waals surface area contributed by atoms with Crippen LogP contribution in [0.5, 0.6) is 5.75 Å². The summed E-state index contributed by atoms with van der Waals surface area (Å²) in [6.45, 7) is 1.29. The number of carbonyl (C=O) groups is 1. The van der Waals surface area contributed by atoms with E-state index in [2.05, 4.69) is 21.4 Å². The van der Waals surface area contributed by atoms with Crippen molar-refractivity contribution in [3.63, 3.8) is 0 Å². The lowest BCUT2D eigenvalue weighted by atomic mass is 10.2. The molecule has 3 heterocycles. The second-order valence-electron chi connectivity index (χ2n) is 7.35. The molecule has 1 saturated heterocycles. The highest BCUT2D eigenvalue weighted by molar-refractivity contribution is 7.21. The van der Waals surface area contributed by atoms with Gasteiger partial charge in [-0.15, -0.1) is 11.3 Å². The van der Waals surface area contributed by atoms with Gasteiger partial charge >= 0.3 is 0 Å². The fourth-order valence-electron chi connectivity index (χ4n) is 3.47. The molecule has 0 bridgehead atoms. The minimum atomic E-state index is -0.234. The van der Waals surface area contributed by atoms with Crippen molar-refractivity contribution in [1.82, 2.24) is 9.97 Å². The number of carbonyl (C=O) groups excluding carboxylic acids is 1. The second-order valence-corrected chi connectivity index (χ2v) is 8.38. The highest BCUT2D eigenvalue weighted by Crippen LogP contribution is 2.30. The molecule has 1 aliphatic rings. The van der Waals surface area contributed by atoms with Gasteiger partial charge in [-0.25, -0.2) is 9.97 Å². The number of nitrogens with one attached hydrogen (secondary N) is 1. The van der Waals surface area contributed by atoms with Gasteiger partial charge in [0.05, 0.1) is 16.3 Å². The van der Waals surface area contributed by atoms with Gasteiger partial charge in [0, 0.05) is 23.9 Å². The van der Waals surface area contributed by atoms with E-state index < -0.39 is 0 Å². The van der Waals surface area contributed by atoms with Crippen molar-refractivity contribution in [1.29, 1.82) is 0 Å². The van der Waals surface area contributed by atoms with Crippen molar-refractivity contribution >= 4 is 33.3 Å². The molecule has 5 rings (SSSR count). The van der Waals surface area contributed by atoms with Crippen LogP contribution in [-0.4, -0.2) is 35.2 Å². The molecule has 1 amide bonds. The number of fused-ring (bicyclic) bond motifs is 1. The van der Waals surface area contributed by atoms with Crippen LogP contribution in [0.3, 0.4) is 0 Å². The van der Waals surface area contributed by atoms with Crippen molar-refractivity contribution in [3.8, 4) is 16.3 Å². The lowest BCUT2D eigenvalue weighted by molar-refractivity contribution is 0.0679. The van der Waals surface area contributed by atoms with Crippen molar-refractivity contribution in [2.24, 2.45) is 0 Å². The maximum absolute atomic E-state index is 12.7. The summed E-state index contributed by atoms with van der Waals surface area (Å²) in [6, 6.07) is 18.9. The zero-order valence-corrected chi connectivity index (χ0v) is 17.6. The number of benzene rings is 2. The number of hydrogen-bond acceptors (Lipinski definition) is 6. The topological polar surface area (TPSA) is 73.3 Å². The summed E-state index contributed by atoms with van der Waals surface area (Å²) >= 11 is 1.62. The van der Waals surface area contributed by atoms with Crippen LogP contribution < -0.4 is 10.1 Å². The van der Waals surface area contributed by atoms with E-state index in [0.717, 1.165) is 40.2 Å². The number of thiazole rings is 1. The van der Waals surface area contributed by atoms with E-state index in [9.17, 15) is 4.79 Å². The summed E-state index contributed by atoms with van der Waals surface area (Å²) in [4.78, 5) is 21.7. The maximum Gasteiger partial charge on any atom is 0.256 e. The van der Waals surface area contributed by atoms with Crippen LogP contribution in [0.1, 0.15) is 23.2 Å². The fraction of sp³-hybridized carbons (Fsp3) is 0.208. The zero-order chi connectivity index (χ0) is 21.0. The molecule has 1 aliphatic heterocycles. The molecule has 1 N–H and O–H groups in total. The molecule has 31 heavy (non-hydrogen) atoms. The van der Waals surface area contributed by atoms with E-state index in [1.54, 1.807) is 35.7 Å². The Morgan fingerprint density at radius 3 is 2.90 bits per heavy atom. The first-order chi connectivity index (χ1) is 15.2. The molecule has 2 aromatic carbocycles. The lowest BCUT2D eigenvalue weighted by Gasteiger charge is -2.12. The Kier molecular flexibility index (Phi) is 5.60. The number of aromatic nitrogens is 2. The van der Waals surface area contributed by atoms with E-state index in [4.69, 9.17) is 9.47 Å². The van der Waals surface area contributed by atoms with E-state index in [1.807, 2.05) is 36.4 Å². The van der Waals surface area contributed by atoms with Gasteiger partial charge in [0.1, 0.15) is 23.2 Å². The summed E-state index contributed by atoms with van der Waals surface area (Å²) in [6.07, 6.45) is 3.95. The fourth-order valence-corrected chi connectivity index (χ4v) is 4.43. The van der Waals surface area contributed by atoms with Crippen LogP contribution in [0.2, 0.25) is 0 Å². The SMILES string of the molecule is O=C(Nc1ccc(-c2nc3ccccc3s2)cn1)c1cccc(OCC2CCCO2)c1. The van der Waals surface area contributed by atoms with Crippen LogP contribution in [0.15, 0.2) is 66.9 Å². The van der Waals surface area contributed by atoms with Crippen LogP contribution in [0.4, 0.5) is 5.82 Å². The standard InChI is InChI=1S/C24H21N3O3S/c28-23(16-5-3-6-18(13-16)30-15-19-7-4-12-29-19)27-22-11-10-17(14-25-22)24-26-20-8-1-2-9-21(20)31-24/h1-3,5-6,8-11,13-14,19H,4,7,12,15H2,(H,25,27,28). The molecule has 1 atom stereocenters. The third-order valence-electron chi connectivity index (χ3n) is 5.10. The third-order valence-corrected chi connectivity index (χ3v) is 6.19. The Labute approximate surface area is 183 Å². The summed E-state index contributed by atoms with van der Waals surface area (Å²) in [7, 11) is 0. The average Bonchev–Trinajstić information content (AvgIpc) is 3.48. The molecule has 156 valence electrons. The van der Waals surface area contributed by atoms with Crippen molar-refractivity contribution < 1.29 is 14.3 Å². The molecule has 4 aromatic rings. The molecule has 0 radical (unpaired) electrons. The van der Waals surface area contributed by atoms with E-state index in [1.165, 1.54) is 0 Å². The van der Waals surface area contributed by atoms with Gasteiger partial charge < -0.3 is 14.8 Å². The molecule has 7 heteroatoms. The molecular formula is C24H21N3O3S. The van der Waals surface area contributed by atoms with Gasteiger partial charge in [-0.3, -0.25) is 4.79 Å². The predicted octanol–water partition coefficient (Wildman–Crippen LogP) is 5.17. The number of pyridine rings is 1. The summed E-state index contributed by atoms with van der Waals surface area (Å²) in [5, 5.41) is 3.75. The molecule has 1 unspecified atom stereocenters. The summed E-state index contributed by atoms with van der Waals surface area (Å²) in [5.41, 5.74) is 2.41. The minimum Gasteiger partial charge on any atom is -0.491 e. The average molecular weight is 432 g/mol. The first kappa shape index (κ1) is 19.7. The Morgan fingerprint density at radius 2 is 2.10 bits per heavy atom. The summed E-state index contributed by atoms with van der Waals surface area (Å²) < 4.78 is 12.5. The Balaban J connectivity index is 1.24. The van der Waals surface area contributed by atoms with Gasteiger partial charge in [-0.05, 0) is 55.3 Å². The molecule has 0 aliphatic carbocycles. The number of anilines is 1. The monoisotopic (exact) mass is 431 g/mol. The van der Waals surface area contributed by atoms with Crippen molar-refractivity contribution in [2.75, 3.05) is 18.5 Å². The van der Waals surface area contributed by atoms with Gasteiger partial charge in [0.15, 0.2) is 0 Å². The zero-order valence-electron chi connectivity index (χ0n) is 16.8. The van der Waals surface area contributed by atoms with E-state index in [-0.39, 0.29) is 12.0 Å². The Bertz CT molecular complexity index is 1170. The Hall–Kier alpha value is -3.29. The van der Waals surface area contributed by atoms with Gasteiger partial charge in [0.25, 0.3) is 5.91 Å². The number of amides is 1. The first-order valence-corrected chi connectivity index (χ1v) is 11.0. The number of ether oxygens (including phenoxy) is 2. The quantitative estimate of drug-likeness (QED) is 0.456. The maximum atomic E-state index is 12.7. The van der Waals surface area contributed by atoms with Gasteiger partial charge in [0.2, 0.25) is 0 Å². The highest BCUT2D eigenvalue weighted by atomic mass is 32.1. The van der Waals surface area contributed by atoms with Crippen LogP contribution in [0.25, 0.3) is 20.8 Å². The molecule has 0 saturated carbocycles. The lowest BCUT2D eigenvalue weighted by Crippen LogP contribution is -2.17. The Morgan fingerprint density at radius 1 is 1.16 bits per heavy atom. The normalized spacial score (nSPS) is 15.8. The third kappa shape index (κ3) is 4.57. The van der Waals surface area contributed by atoms with Gasteiger partial charge in [-0.2, -0.15) is 0 Å². The highest BCUT2D eigenvalue weighted by Gasteiger charge is 2.16. The smallest absolute Gasteiger partial charge is 0.256 e. The molecule has 0 spiro atoms. The van der Waals surface area contributed by atoms with Crippen LogP contribution >= 0.6 is 11.3 Å². The minimum absolute atomic E-state index is 0.135. The van der Waals surface area contributed by atoms with Crippen molar-refractivity contribution in [2.45, 2.75) is 18.9 Å². The number of rotatable bonds is 6. The molecule has 1 fully saturated rings. The molecule has 2 aromatic heterocycles. The van der Waals surface area contributed by atoms with Crippen LogP contribution in [0, 0.1) is 0 Å². The molecular weight excluding hydrogens is 410 g/mol. The first-order valence-electron chi connectivity index (χ1n) is 10.2. The number of nitrogens with zero attached hydrogens (tertiary/aromatic N) is 2. The van der Waals surface area contributed by atoms with E-state index >= 15 is 0 Å². The van der Waals surface area contributed by atoms with Crippen LogP contribution in [-0.2, 0) is 4.74 Å². The number of hydrogen-bond donors (Lipinski definition) is 1. The predicted molar refractivity (Wildman–Crippen MR) is 122 cm³/mol. The number of para-hydroxylation sites is 1. The van der Waals surface area contributed by atoms with Crippen molar-refractivity contribution in [3.05, 3.63) is 72.4 Å². The summed E-state index contributed by atoms with van der Waals surface area (Å²) in [5.74, 6) is 0.908. The molecule has 6 nitrogen and oxygen atoms in total. The second kappa shape index (κ2) is 8.83.